The first-order valence-corrected chi connectivity index (χ1v) is 10.7. The highest BCUT2D eigenvalue weighted by molar-refractivity contribution is 5.92. The van der Waals surface area contributed by atoms with Crippen molar-refractivity contribution < 1.29 is 28.6 Å². The highest BCUT2D eigenvalue weighted by atomic mass is 16.5. The summed E-state index contributed by atoms with van der Waals surface area (Å²) in [5.74, 6) is -0.285. The van der Waals surface area contributed by atoms with Gasteiger partial charge in [-0.25, -0.2) is 4.79 Å². The molecule has 0 saturated carbocycles. The minimum atomic E-state index is -0.627. The Morgan fingerprint density at radius 3 is 2.47 bits per heavy atom. The zero-order valence-corrected chi connectivity index (χ0v) is 17.9. The van der Waals surface area contributed by atoms with Crippen molar-refractivity contribution in [1.82, 2.24) is 10.2 Å². The maximum Gasteiger partial charge on any atom is 0.338 e. The summed E-state index contributed by atoms with van der Waals surface area (Å²) in [5.41, 5.74) is 0.245. The van der Waals surface area contributed by atoms with Gasteiger partial charge < -0.3 is 24.4 Å². The van der Waals surface area contributed by atoms with Gasteiger partial charge in [0, 0.05) is 19.6 Å². The molecule has 0 radical (unpaired) electrons. The molecule has 30 heavy (non-hydrogen) atoms. The number of hydrogen-bond donors (Lipinski definition) is 1. The van der Waals surface area contributed by atoms with Gasteiger partial charge in [0.2, 0.25) is 0 Å². The normalized spacial score (nSPS) is 13.5. The maximum atomic E-state index is 12.3. The molecule has 1 fully saturated rings. The Kier molecular flexibility index (Phi) is 9.97. The van der Waals surface area contributed by atoms with E-state index < -0.39 is 5.97 Å². The van der Waals surface area contributed by atoms with E-state index in [-0.39, 0.29) is 30.6 Å². The quantitative estimate of drug-likeness (QED) is 0.437. The minimum Gasteiger partial charge on any atom is -0.490 e. The number of hydrogen-bond acceptors (Lipinski definition) is 6. The van der Waals surface area contributed by atoms with Crippen molar-refractivity contribution in [2.24, 2.45) is 0 Å². The van der Waals surface area contributed by atoms with Crippen molar-refractivity contribution in [2.45, 2.75) is 46.0 Å². The van der Waals surface area contributed by atoms with Crippen molar-refractivity contribution in [3.8, 4) is 11.5 Å². The molecule has 0 aromatic heterocycles. The molecule has 1 aromatic rings. The van der Waals surface area contributed by atoms with Gasteiger partial charge in [0.25, 0.3) is 11.8 Å². The standard InChI is InChI=1S/C22H32N2O6/c1-3-5-11-23-20(25)15-30-22(27)17-9-10-18(19(14-17)28-4-2)29-16-21(26)24-12-7-6-8-13-24/h9-10,14H,3-8,11-13,15-16H2,1-2H3,(H,23,25). The fourth-order valence-electron chi connectivity index (χ4n) is 3.07. The summed E-state index contributed by atoms with van der Waals surface area (Å²) < 4.78 is 16.3. The van der Waals surface area contributed by atoms with E-state index >= 15 is 0 Å². The van der Waals surface area contributed by atoms with Crippen LogP contribution in [0.3, 0.4) is 0 Å². The topological polar surface area (TPSA) is 94.2 Å². The molecule has 2 rings (SSSR count). The summed E-state index contributed by atoms with van der Waals surface area (Å²) in [6.45, 7) is 5.87. The van der Waals surface area contributed by atoms with E-state index in [0.29, 0.717) is 24.7 Å². The van der Waals surface area contributed by atoms with Crippen LogP contribution in [0.4, 0.5) is 0 Å². The van der Waals surface area contributed by atoms with E-state index in [1.54, 1.807) is 11.0 Å². The smallest absolute Gasteiger partial charge is 0.338 e. The molecule has 8 heteroatoms. The van der Waals surface area contributed by atoms with Gasteiger partial charge in [-0.2, -0.15) is 0 Å². The Bertz CT molecular complexity index is 716. The first kappa shape index (κ1) is 23.5. The number of rotatable bonds is 11. The lowest BCUT2D eigenvalue weighted by Crippen LogP contribution is -2.38. The van der Waals surface area contributed by atoms with Crippen LogP contribution in [-0.4, -0.2) is 62.1 Å². The summed E-state index contributed by atoms with van der Waals surface area (Å²) in [5, 5.41) is 2.69. The number of carbonyl (C=O) groups is 3. The molecule has 0 unspecified atom stereocenters. The van der Waals surface area contributed by atoms with Crippen molar-refractivity contribution in [2.75, 3.05) is 39.5 Å². The Morgan fingerprint density at radius 1 is 1.00 bits per heavy atom. The number of nitrogens with zero attached hydrogens (tertiary/aromatic N) is 1. The number of likely N-dealkylation sites (tertiary alicyclic amines) is 1. The zero-order chi connectivity index (χ0) is 21.8. The zero-order valence-electron chi connectivity index (χ0n) is 17.9. The van der Waals surface area contributed by atoms with Gasteiger partial charge in [0.15, 0.2) is 24.7 Å². The molecule has 0 spiro atoms. The number of nitrogens with one attached hydrogen (secondary N) is 1. The molecule has 1 aliphatic rings. The van der Waals surface area contributed by atoms with E-state index in [2.05, 4.69) is 5.32 Å². The third-order valence-electron chi connectivity index (χ3n) is 4.73. The molecule has 1 N–H and O–H groups in total. The number of piperidine rings is 1. The molecule has 2 amide bonds. The number of carbonyl (C=O) groups excluding carboxylic acids is 3. The van der Waals surface area contributed by atoms with Gasteiger partial charge in [-0.15, -0.1) is 0 Å². The summed E-state index contributed by atoms with van der Waals surface area (Å²) in [4.78, 5) is 38.1. The Labute approximate surface area is 177 Å². The van der Waals surface area contributed by atoms with Gasteiger partial charge in [0.05, 0.1) is 12.2 Å². The van der Waals surface area contributed by atoms with Crippen LogP contribution >= 0.6 is 0 Å². The Morgan fingerprint density at radius 2 is 1.77 bits per heavy atom. The van der Waals surface area contributed by atoms with E-state index in [1.807, 2.05) is 13.8 Å². The fraction of sp³-hybridized carbons (Fsp3) is 0.591. The molecule has 1 aromatic carbocycles. The highest BCUT2D eigenvalue weighted by Crippen LogP contribution is 2.29. The van der Waals surface area contributed by atoms with Crippen LogP contribution in [0.15, 0.2) is 18.2 Å². The molecule has 1 saturated heterocycles. The third kappa shape index (κ3) is 7.57. The second-order valence-electron chi connectivity index (χ2n) is 7.10. The van der Waals surface area contributed by atoms with Crippen molar-refractivity contribution in [3.05, 3.63) is 23.8 Å². The molecule has 8 nitrogen and oxygen atoms in total. The Balaban J connectivity index is 1.92. The third-order valence-corrected chi connectivity index (χ3v) is 4.73. The molecule has 0 atom stereocenters. The van der Waals surface area contributed by atoms with Crippen LogP contribution in [0.2, 0.25) is 0 Å². The van der Waals surface area contributed by atoms with Crippen molar-refractivity contribution in [3.63, 3.8) is 0 Å². The number of esters is 1. The average Bonchev–Trinajstić information content (AvgIpc) is 2.77. The van der Waals surface area contributed by atoms with E-state index in [4.69, 9.17) is 14.2 Å². The summed E-state index contributed by atoms with van der Waals surface area (Å²) in [6.07, 6.45) is 5.03. The predicted octanol–water partition coefficient (Wildman–Crippen LogP) is 2.55. The number of ether oxygens (including phenoxy) is 3. The molecule has 0 aliphatic carbocycles. The lowest BCUT2D eigenvalue weighted by atomic mass is 10.1. The van der Waals surface area contributed by atoms with E-state index in [1.165, 1.54) is 12.1 Å². The number of amides is 2. The van der Waals surface area contributed by atoms with Crippen LogP contribution < -0.4 is 14.8 Å². The van der Waals surface area contributed by atoms with Gasteiger partial charge in [-0.3, -0.25) is 9.59 Å². The lowest BCUT2D eigenvalue weighted by Gasteiger charge is -2.26. The fourth-order valence-corrected chi connectivity index (χ4v) is 3.07. The largest absolute Gasteiger partial charge is 0.490 e. The van der Waals surface area contributed by atoms with Crippen LogP contribution in [0.1, 0.15) is 56.3 Å². The van der Waals surface area contributed by atoms with Crippen LogP contribution in [-0.2, 0) is 14.3 Å². The SMILES string of the molecule is CCCCNC(=O)COC(=O)c1ccc(OCC(=O)N2CCCCC2)c(OCC)c1. The van der Waals surface area contributed by atoms with Gasteiger partial charge in [-0.1, -0.05) is 13.3 Å². The number of unbranched alkanes of at least 4 members (excludes halogenated alkanes) is 1. The van der Waals surface area contributed by atoms with Crippen LogP contribution in [0.25, 0.3) is 0 Å². The summed E-state index contributed by atoms with van der Waals surface area (Å²) in [6, 6.07) is 4.61. The van der Waals surface area contributed by atoms with Crippen molar-refractivity contribution in [1.29, 1.82) is 0 Å². The van der Waals surface area contributed by atoms with Gasteiger partial charge >= 0.3 is 5.97 Å². The lowest BCUT2D eigenvalue weighted by molar-refractivity contribution is -0.134. The molecular weight excluding hydrogens is 388 g/mol. The Hall–Kier alpha value is -2.77. The molecule has 0 bridgehead atoms. The predicted molar refractivity (Wildman–Crippen MR) is 112 cm³/mol. The molecule has 1 aliphatic heterocycles. The summed E-state index contributed by atoms with van der Waals surface area (Å²) >= 11 is 0. The number of benzene rings is 1. The van der Waals surface area contributed by atoms with Gasteiger partial charge in [0.1, 0.15) is 0 Å². The highest BCUT2D eigenvalue weighted by Gasteiger charge is 2.19. The second-order valence-corrected chi connectivity index (χ2v) is 7.10. The van der Waals surface area contributed by atoms with E-state index in [9.17, 15) is 14.4 Å². The molecule has 1 heterocycles. The molecular formula is C22H32N2O6. The average molecular weight is 421 g/mol. The molecule has 166 valence electrons. The first-order chi connectivity index (χ1) is 14.5. The van der Waals surface area contributed by atoms with Crippen LogP contribution in [0.5, 0.6) is 11.5 Å². The minimum absolute atomic E-state index is 0.0604. The van der Waals surface area contributed by atoms with Gasteiger partial charge in [-0.05, 0) is 50.8 Å². The second kappa shape index (κ2) is 12.7. The summed E-state index contributed by atoms with van der Waals surface area (Å²) in [7, 11) is 0. The van der Waals surface area contributed by atoms with E-state index in [0.717, 1.165) is 45.2 Å². The van der Waals surface area contributed by atoms with Crippen LogP contribution in [0, 0.1) is 0 Å². The first-order valence-electron chi connectivity index (χ1n) is 10.7. The van der Waals surface area contributed by atoms with Crippen molar-refractivity contribution >= 4 is 17.8 Å². The monoisotopic (exact) mass is 420 g/mol. The maximum absolute atomic E-state index is 12.3.